The highest BCUT2D eigenvalue weighted by Crippen LogP contribution is 2.48. The van der Waals surface area contributed by atoms with Crippen LogP contribution in [-0.2, 0) is 27.6 Å². The smallest absolute Gasteiger partial charge is 0.143 e. The van der Waals surface area contributed by atoms with E-state index < -0.39 is 0 Å². The molecule has 0 bridgehead atoms. The number of hydrogen-bond acceptors (Lipinski definition) is 22. The van der Waals surface area contributed by atoms with Gasteiger partial charge in [-0.15, -0.1) is 0 Å². The van der Waals surface area contributed by atoms with Crippen LogP contribution in [0, 0.1) is 6.92 Å². The summed E-state index contributed by atoms with van der Waals surface area (Å²) >= 11 is 13.6. The third-order valence-corrected chi connectivity index (χ3v) is 17.1. The number of aliphatic hydroxyl groups is 3. The van der Waals surface area contributed by atoms with Crippen molar-refractivity contribution in [3.8, 4) is 68.3 Å². The van der Waals surface area contributed by atoms with Gasteiger partial charge >= 0.3 is 0 Å². The molecule has 0 amide bonds. The van der Waals surface area contributed by atoms with Gasteiger partial charge < -0.3 is 63.8 Å². The average Bonchev–Trinajstić information content (AvgIpc) is 1.07. The third-order valence-electron chi connectivity index (χ3n) is 16.4. The van der Waals surface area contributed by atoms with E-state index in [4.69, 9.17) is 66.6 Å². The maximum atomic E-state index is 9.74. The Labute approximate surface area is 598 Å². The first kappa shape index (κ1) is 76.3. The molecule has 12 aromatic rings. The zero-order valence-electron chi connectivity index (χ0n) is 57.3. The van der Waals surface area contributed by atoms with Crippen molar-refractivity contribution >= 4 is 90.4 Å². The Hall–Kier alpha value is -10.4. The Morgan fingerprint density at radius 3 is 1.31 bits per heavy atom. The molecule has 0 radical (unpaired) electrons. The molecule has 6 aromatic heterocycles. The molecule has 0 saturated heterocycles. The van der Waals surface area contributed by atoms with Crippen LogP contribution < -0.4 is 48.4 Å². The first-order valence-corrected chi connectivity index (χ1v) is 32.4. The second-order valence-electron chi connectivity index (χ2n) is 23.0. The van der Waals surface area contributed by atoms with Gasteiger partial charge in [-0.05, 0) is 61.5 Å². The van der Waals surface area contributed by atoms with Crippen molar-refractivity contribution in [3.05, 3.63) is 162 Å². The first-order chi connectivity index (χ1) is 47.9. The van der Waals surface area contributed by atoms with E-state index in [-0.39, 0.29) is 34.7 Å². The maximum absolute atomic E-state index is 9.74. The lowest BCUT2D eigenvalue weighted by Crippen LogP contribution is -2.33. The van der Waals surface area contributed by atoms with E-state index in [9.17, 15) is 15.3 Å². The molecule has 12 rings (SSSR count). The number of halogens is 2. The van der Waals surface area contributed by atoms with Crippen molar-refractivity contribution in [2.75, 3.05) is 103 Å². The van der Waals surface area contributed by atoms with E-state index in [1.807, 2.05) is 139 Å². The zero-order chi connectivity index (χ0) is 70.4. The molecule has 27 heteroatoms. The Morgan fingerprint density at radius 1 is 0.465 bits per heavy atom. The number of hydrogen-bond donors (Lipinski definition) is 4. The van der Waals surface area contributed by atoms with Gasteiger partial charge in [0.05, 0.1) is 149 Å². The molecule has 6 heterocycles. The number of rotatable bonds is 25. The minimum atomic E-state index is -0.0382. The van der Waals surface area contributed by atoms with Crippen LogP contribution in [0.2, 0.25) is 10.0 Å². The fourth-order valence-corrected chi connectivity index (χ4v) is 11.8. The van der Waals surface area contributed by atoms with Gasteiger partial charge in [-0.3, -0.25) is 29.0 Å². The number of anilines is 6. The molecule has 0 aliphatic carbocycles. The largest absolute Gasteiger partial charge is 0.497 e. The summed E-state index contributed by atoms with van der Waals surface area (Å²) in [5.74, 6) is 3.61. The highest BCUT2D eigenvalue weighted by atomic mass is 35.5. The van der Waals surface area contributed by atoms with Crippen LogP contribution >= 0.6 is 23.2 Å². The number of aryl methyl sites for hydroxylation is 3. The van der Waals surface area contributed by atoms with Crippen LogP contribution in [0.15, 0.2) is 140 Å². The van der Waals surface area contributed by atoms with Gasteiger partial charge in [0, 0.05) is 172 Å². The monoisotopic (exact) mass is 1410 g/mol. The second kappa shape index (κ2) is 35.1. The molecule has 25 nitrogen and oxygen atoms in total. The Kier molecular flexibility index (Phi) is 26.5. The number of ether oxygens (including phenoxy) is 6. The lowest BCUT2D eigenvalue weighted by Gasteiger charge is -2.29. The number of fused-ring (bicyclic) bond motifs is 3. The fourth-order valence-electron chi connectivity index (χ4n) is 11.1. The maximum Gasteiger partial charge on any atom is 0.143 e. The first-order valence-electron chi connectivity index (χ1n) is 31.7. The van der Waals surface area contributed by atoms with Gasteiger partial charge in [0.25, 0.3) is 0 Å². The average molecular weight is 1420 g/mol. The number of aliphatic hydroxyl groups excluding tert-OH is 3. The molecule has 101 heavy (non-hydrogen) atoms. The Bertz CT molecular complexity index is 4690. The zero-order valence-corrected chi connectivity index (χ0v) is 58.8. The predicted molar refractivity (Wildman–Crippen MR) is 401 cm³/mol. The number of methoxy groups -OCH3 is 6. The van der Waals surface area contributed by atoms with Gasteiger partial charge in [0.15, 0.2) is 0 Å². The highest BCUT2D eigenvalue weighted by molar-refractivity contribution is 6.41. The minimum Gasteiger partial charge on any atom is -0.497 e. The molecule has 532 valence electrons. The predicted octanol–water partition coefficient (Wildman–Crippen LogP) is 13.0. The molecule has 0 atom stereocenters. The quantitative estimate of drug-likeness (QED) is 0.0414. The summed E-state index contributed by atoms with van der Waals surface area (Å²) in [5, 5.41) is 46.0. The third kappa shape index (κ3) is 17.6. The van der Waals surface area contributed by atoms with Gasteiger partial charge in [-0.25, -0.2) is 15.0 Å². The summed E-state index contributed by atoms with van der Waals surface area (Å²) in [6.07, 6.45) is 12.9. The summed E-state index contributed by atoms with van der Waals surface area (Å²) in [5.41, 5.74) is 16.2. The Balaban J connectivity index is 0.000000191. The standard InChI is InChI=1S/C25H28Cl2N6O2.C24H27N5O4.C23H25N5O3.2CH4/c1-15(2)28-8-9-33(25-23(26)21(34-4)11-22(35-5)24(25)27)17-6-7-18-19(10-17)31-20(13-29-18)16-12-30-32(3)14-16;1-28-24(6-8-30)20(14-26-28)23-15-25-21-5-4-16(12-22(21)27-23)29(7-9-31)17-10-18(32-2)13-19(11-17)33-3;1-15-20(13-25-27(15)2)23-14-24-21-6-5-16(11-22(21)26-23)28(7-8-29)17-9-18(30-3)12-19(10-17)31-4;;/h6-7,10-15,28H,8-9H2,1-5H3;4-5,10-15,30-31H,6-9H2,1-3H3;5-6,9-14,29H,7-8H2,1-4H3;2*1H4. The van der Waals surface area contributed by atoms with E-state index in [1.165, 1.54) is 0 Å². The van der Waals surface area contributed by atoms with Crippen molar-refractivity contribution in [2.24, 2.45) is 21.1 Å². The molecule has 0 aliphatic rings. The normalized spacial score (nSPS) is 10.9. The summed E-state index contributed by atoms with van der Waals surface area (Å²) in [6, 6.07) is 30.8. The highest BCUT2D eigenvalue weighted by Gasteiger charge is 2.25. The van der Waals surface area contributed by atoms with E-state index in [0.717, 1.165) is 95.5 Å². The second-order valence-corrected chi connectivity index (χ2v) is 23.7. The van der Waals surface area contributed by atoms with E-state index in [0.29, 0.717) is 100 Å². The lowest BCUT2D eigenvalue weighted by atomic mass is 10.1. The van der Waals surface area contributed by atoms with E-state index in [2.05, 4.69) is 49.4 Å². The van der Waals surface area contributed by atoms with Crippen molar-refractivity contribution in [1.82, 2.24) is 64.6 Å². The van der Waals surface area contributed by atoms with E-state index >= 15 is 0 Å². The van der Waals surface area contributed by atoms with Gasteiger partial charge in [0.1, 0.15) is 44.5 Å². The number of nitrogens with one attached hydrogen (secondary N) is 1. The molecule has 0 saturated carbocycles. The van der Waals surface area contributed by atoms with Crippen LogP contribution in [0.3, 0.4) is 0 Å². The molecule has 0 unspecified atom stereocenters. The van der Waals surface area contributed by atoms with Crippen molar-refractivity contribution in [1.29, 1.82) is 0 Å². The van der Waals surface area contributed by atoms with Crippen LogP contribution in [0.5, 0.6) is 34.5 Å². The summed E-state index contributed by atoms with van der Waals surface area (Å²) in [4.78, 5) is 34.3. The molecule has 0 spiro atoms. The summed E-state index contributed by atoms with van der Waals surface area (Å²) < 4.78 is 38.0. The van der Waals surface area contributed by atoms with Crippen molar-refractivity contribution < 1.29 is 43.7 Å². The van der Waals surface area contributed by atoms with Crippen LogP contribution in [-0.4, -0.2) is 169 Å². The van der Waals surface area contributed by atoms with Gasteiger partial charge in [-0.1, -0.05) is 51.9 Å². The number of aromatic nitrogens is 12. The minimum absolute atomic E-state index is 0. The molecule has 0 fully saturated rings. The SMILES string of the molecule is C.C.COc1cc(OC)c(Cl)c(N(CCNC(C)C)c2ccc3ncc(-c4cnn(C)c4)nc3c2)c1Cl.COc1cc(OC)cc(N(CCO)c2ccc3ncc(-c4cnn(C)c4C)nc3c2)c1.COc1cc(OC)cc(N(CCO)c2ccc3ncc(-c4cnn(C)c4CCO)nc3c2)c1. The molecule has 0 aliphatic heterocycles. The lowest BCUT2D eigenvalue weighted by molar-refractivity contribution is 0.296. The molecular weight excluding hydrogens is 1330 g/mol. The number of nitrogens with zero attached hydrogens (tertiary/aromatic N) is 15. The van der Waals surface area contributed by atoms with Crippen LogP contribution in [0.4, 0.5) is 34.1 Å². The topological polar surface area (TPSA) is 269 Å². The van der Waals surface area contributed by atoms with Crippen molar-refractivity contribution in [2.45, 2.75) is 48.1 Å². The van der Waals surface area contributed by atoms with Crippen LogP contribution in [0.1, 0.15) is 40.1 Å². The van der Waals surface area contributed by atoms with Crippen LogP contribution in [0.25, 0.3) is 66.9 Å². The van der Waals surface area contributed by atoms with Gasteiger partial charge in [0.2, 0.25) is 0 Å². The van der Waals surface area contributed by atoms with E-state index in [1.54, 1.807) is 101 Å². The molecule has 4 N–H and O–H groups in total. The van der Waals surface area contributed by atoms with Crippen molar-refractivity contribution in [3.63, 3.8) is 0 Å². The fraction of sp³-hybridized carbons (Fsp3) is 0.311. The Morgan fingerprint density at radius 2 is 0.901 bits per heavy atom. The molecule has 6 aromatic carbocycles. The summed E-state index contributed by atoms with van der Waals surface area (Å²) in [6.45, 7) is 8.24. The van der Waals surface area contributed by atoms with Gasteiger partial charge in [-0.2, -0.15) is 15.3 Å². The summed E-state index contributed by atoms with van der Waals surface area (Å²) in [7, 11) is 15.2. The number of benzene rings is 6. The molecular formula is C74H88Cl2N16O9.